The van der Waals surface area contributed by atoms with Crippen LogP contribution in [0.25, 0.3) is 6.08 Å². The molecule has 1 N–H and O–H groups in total. The molecule has 0 spiro atoms. The van der Waals surface area contributed by atoms with E-state index in [1.165, 1.54) is 12.3 Å². The summed E-state index contributed by atoms with van der Waals surface area (Å²) in [5.74, 6) is -0.861. The van der Waals surface area contributed by atoms with Crippen molar-refractivity contribution in [1.82, 2.24) is 14.8 Å². The molecule has 0 saturated carbocycles. The van der Waals surface area contributed by atoms with E-state index in [0.29, 0.717) is 5.76 Å². The zero-order chi connectivity index (χ0) is 18.1. The summed E-state index contributed by atoms with van der Waals surface area (Å²) in [6.45, 7) is 6.69. The van der Waals surface area contributed by atoms with Crippen molar-refractivity contribution in [3.8, 4) is 0 Å². The fourth-order valence-corrected chi connectivity index (χ4v) is 3.01. The summed E-state index contributed by atoms with van der Waals surface area (Å²) in [4.78, 5) is 37.8. The summed E-state index contributed by atoms with van der Waals surface area (Å²) in [6.07, 6.45) is 3.00. The highest BCUT2D eigenvalue weighted by Crippen LogP contribution is 2.21. The standard InChI is InChI=1S/C18H19N3O4/c1-4-20-11(2)8-13(12(20)3)9-15-16(22)19-18(24)21(17(15)23)10-14-6-5-7-25-14/h5-9H,4,10H2,1-3H3,(H,19,22,24)/b15-9+. The van der Waals surface area contributed by atoms with Gasteiger partial charge in [0.05, 0.1) is 12.8 Å². The normalized spacial score (nSPS) is 16.7. The lowest BCUT2D eigenvalue weighted by atomic mass is 10.1. The lowest BCUT2D eigenvalue weighted by Crippen LogP contribution is -2.53. The molecule has 3 heterocycles. The molecule has 0 aliphatic carbocycles. The van der Waals surface area contributed by atoms with Crippen LogP contribution in [-0.2, 0) is 22.7 Å². The van der Waals surface area contributed by atoms with Crippen LogP contribution >= 0.6 is 0 Å². The molecule has 7 nitrogen and oxygen atoms in total. The summed E-state index contributed by atoms with van der Waals surface area (Å²) >= 11 is 0. The van der Waals surface area contributed by atoms with E-state index in [1.54, 1.807) is 12.1 Å². The van der Waals surface area contributed by atoms with Crippen molar-refractivity contribution < 1.29 is 18.8 Å². The molecule has 0 unspecified atom stereocenters. The zero-order valence-corrected chi connectivity index (χ0v) is 14.3. The monoisotopic (exact) mass is 341 g/mol. The number of nitrogens with zero attached hydrogens (tertiary/aromatic N) is 2. The van der Waals surface area contributed by atoms with E-state index in [9.17, 15) is 14.4 Å². The number of aryl methyl sites for hydroxylation is 1. The quantitative estimate of drug-likeness (QED) is 0.683. The van der Waals surface area contributed by atoms with Crippen LogP contribution in [0.2, 0.25) is 0 Å². The van der Waals surface area contributed by atoms with Crippen LogP contribution in [-0.4, -0.2) is 27.3 Å². The molecule has 1 aliphatic heterocycles. The summed E-state index contributed by atoms with van der Waals surface area (Å²) in [6, 6.07) is 4.50. The fraction of sp³-hybridized carbons (Fsp3) is 0.278. The average molecular weight is 341 g/mol. The van der Waals surface area contributed by atoms with E-state index < -0.39 is 17.8 Å². The first-order valence-electron chi connectivity index (χ1n) is 8.00. The summed E-state index contributed by atoms with van der Waals surface area (Å²) < 4.78 is 7.27. The first kappa shape index (κ1) is 16.8. The van der Waals surface area contributed by atoms with Crippen molar-refractivity contribution in [2.75, 3.05) is 0 Å². The Morgan fingerprint density at radius 2 is 2.00 bits per heavy atom. The van der Waals surface area contributed by atoms with Gasteiger partial charge in [0, 0.05) is 17.9 Å². The van der Waals surface area contributed by atoms with E-state index >= 15 is 0 Å². The molecule has 2 aromatic heterocycles. The number of carbonyl (C=O) groups is 3. The predicted octanol–water partition coefficient (Wildman–Crippen LogP) is 2.38. The van der Waals surface area contributed by atoms with Gasteiger partial charge in [-0.15, -0.1) is 0 Å². The van der Waals surface area contributed by atoms with Crippen LogP contribution in [0.15, 0.2) is 34.5 Å². The minimum atomic E-state index is -0.748. The molecule has 0 aromatic carbocycles. The minimum Gasteiger partial charge on any atom is -0.467 e. The van der Waals surface area contributed by atoms with E-state index in [1.807, 2.05) is 26.8 Å². The van der Waals surface area contributed by atoms with Crippen molar-refractivity contribution in [3.05, 3.63) is 52.7 Å². The molecule has 0 radical (unpaired) electrons. The maximum Gasteiger partial charge on any atom is 0.331 e. The highest BCUT2D eigenvalue weighted by Gasteiger charge is 2.36. The van der Waals surface area contributed by atoms with E-state index in [0.717, 1.165) is 28.4 Å². The van der Waals surface area contributed by atoms with Crippen molar-refractivity contribution >= 4 is 23.9 Å². The molecule has 2 aromatic rings. The van der Waals surface area contributed by atoms with Crippen LogP contribution < -0.4 is 5.32 Å². The topological polar surface area (TPSA) is 84.6 Å². The molecular weight excluding hydrogens is 322 g/mol. The Labute approximate surface area is 144 Å². The van der Waals surface area contributed by atoms with Gasteiger partial charge in [0.15, 0.2) is 0 Å². The van der Waals surface area contributed by atoms with Crippen molar-refractivity contribution in [3.63, 3.8) is 0 Å². The smallest absolute Gasteiger partial charge is 0.331 e. The maximum atomic E-state index is 12.7. The molecule has 130 valence electrons. The third-order valence-electron chi connectivity index (χ3n) is 4.31. The van der Waals surface area contributed by atoms with Gasteiger partial charge in [-0.25, -0.2) is 4.79 Å². The Balaban J connectivity index is 1.96. The highest BCUT2D eigenvalue weighted by molar-refractivity contribution is 6.30. The number of urea groups is 1. The molecule has 1 saturated heterocycles. The van der Waals surface area contributed by atoms with Crippen LogP contribution in [0.5, 0.6) is 0 Å². The maximum absolute atomic E-state index is 12.7. The molecule has 0 bridgehead atoms. The van der Waals surface area contributed by atoms with Gasteiger partial charge in [0.2, 0.25) is 0 Å². The van der Waals surface area contributed by atoms with Crippen molar-refractivity contribution in [2.24, 2.45) is 0 Å². The molecule has 25 heavy (non-hydrogen) atoms. The van der Waals surface area contributed by atoms with Crippen molar-refractivity contribution in [1.29, 1.82) is 0 Å². The number of carbonyl (C=O) groups excluding carboxylic acids is 3. The minimum absolute atomic E-state index is 0.0315. The van der Waals surface area contributed by atoms with Gasteiger partial charge in [0.1, 0.15) is 11.3 Å². The molecule has 0 atom stereocenters. The second-order valence-corrected chi connectivity index (χ2v) is 5.86. The predicted molar refractivity (Wildman–Crippen MR) is 90.4 cm³/mol. The van der Waals surface area contributed by atoms with E-state index in [4.69, 9.17) is 4.42 Å². The summed E-state index contributed by atoms with van der Waals surface area (Å²) in [7, 11) is 0. The fourth-order valence-electron chi connectivity index (χ4n) is 3.01. The number of hydrogen-bond donors (Lipinski definition) is 1. The van der Waals surface area contributed by atoms with Crippen LogP contribution in [0, 0.1) is 13.8 Å². The number of imide groups is 2. The Bertz CT molecular complexity index is 875. The first-order valence-corrected chi connectivity index (χ1v) is 8.00. The summed E-state index contributed by atoms with van der Waals surface area (Å²) in [5, 5.41) is 2.21. The summed E-state index contributed by atoms with van der Waals surface area (Å²) in [5.41, 5.74) is 2.72. The van der Waals surface area contributed by atoms with Gasteiger partial charge >= 0.3 is 6.03 Å². The first-order chi connectivity index (χ1) is 11.9. The zero-order valence-electron chi connectivity index (χ0n) is 14.3. The van der Waals surface area contributed by atoms with Crippen molar-refractivity contribution in [2.45, 2.75) is 33.9 Å². The lowest BCUT2D eigenvalue weighted by molar-refractivity contribution is -0.130. The molecule has 7 heteroatoms. The van der Waals surface area contributed by atoms with Gasteiger partial charge < -0.3 is 8.98 Å². The highest BCUT2D eigenvalue weighted by atomic mass is 16.3. The Hall–Kier alpha value is -3.09. The third kappa shape index (κ3) is 3.00. The second-order valence-electron chi connectivity index (χ2n) is 5.86. The number of barbiturate groups is 1. The number of amides is 4. The van der Waals surface area contributed by atoms with Gasteiger partial charge in [0.25, 0.3) is 11.8 Å². The van der Waals surface area contributed by atoms with E-state index in [2.05, 4.69) is 9.88 Å². The third-order valence-corrected chi connectivity index (χ3v) is 4.31. The number of nitrogens with one attached hydrogen (secondary N) is 1. The van der Waals surface area contributed by atoms with Crippen LogP contribution in [0.3, 0.4) is 0 Å². The molecular formula is C18H19N3O4. The number of aromatic nitrogens is 1. The van der Waals surface area contributed by atoms with Gasteiger partial charge in [-0.2, -0.15) is 0 Å². The Morgan fingerprint density at radius 3 is 2.60 bits per heavy atom. The molecule has 1 aliphatic rings. The number of rotatable bonds is 4. The van der Waals surface area contributed by atoms with Gasteiger partial charge in [-0.1, -0.05) is 0 Å². The van der Waals surface area contributed by atoms with Crippen LogP contribution in [0.1, 0.15) is 29.6 Å². The largest absolute Gasteiger partial charge is 0.467 e. The SMILES string of the molecule is CCn1c(C)cc(/C=C2\C(=O)NC(=O)N(Cc3ccco3)C2=O)c1C. The number of hydrogen-bond acceptors (Lipinski definition) is 4. The van der Waals surface area contributed by atoms with Gasteiger partial charge in [-0.05, 0) is 50.6 Å². The second kappa shape index (κ2) is 6.43. The molecule has 4 amide bonds. The van der Waals surface area contributed by atoms with Gasteiger partial charge in [-0.3, -0.25) is 19.8 Å². The Kier molecular flexibility index (Phi) is 4.31. The van der Waals surface area contributed by atoms with E-state index in [-0.39, 0.29) is 12.1 Å². The van der Waals surface area contributed by atoms with Crippen LogP contribution in [0.4, 0.5) is 4.79 Å². The average Bonchev–Trinajstić information content (AvgIpc) is 3.16. The molecule has 1 fully saturated rings. The Morgan fingerprint density at radius 1 is 1.24 bits per heavy atom. The number of furan rings is 1. The molecule has 3 rings (SSSR count). The lowest BCUT2D eigenvalue weighted by Gasteiger charge is -2.25.